The fourth-order valence-electron chi connectivity index (χ4n) is 2.32. The Morgan fingerprint density at radius 3 is 2.86 bits per heavy atom. The Labute approximate surface area is 137 Å². The highest BCUT2D eigenvalue weighted by Gasteiger charge is 2.16. The predicted octanol–water partition coefficient (Wildman–Crippen LogP) is 3.95. The van der Waals surface area contributed by atoms with Crippen LogP contribution in [0.2, 0.25) is 10.3 Å². The molecule has 1 aromatic carbocycles. The standard InChI is InChI=1S/C15H11Cl2N5/c1-2-3-12-10-6-9(7-18)4-5-13(10)22(21-12)14-11(16)8-19-15(17)20-14/h4-6,8H,2-3H2,1H3. The SMILES string of the molecule is CCCc1nn(-c2nc(Cl)ncc2Cl)c2ccc(C#N)cc12. The van der Waals surface area contributed by atoms with Gasteiger partial charge in [-0.05, 0) is 36.2 Å². The lowest BCUT2D eigenvalue weighted by Gasteiger charge is -2.04. The number of halogens is 2. The van der Waals surface area contributed by atoms with E-state index in [9.17, 15) is 0 Å². The molecular weight excluding hydrogens is 321 g/mol. The van der Waals surface area contributed by atoms with Gasteiger partial charge in [-0.3, -0.25) is 0 Å². The topological polar surface area (TPSA) is 67.4 Å². The van der Waals surface area contributed by atoms with Crippen LogP contribution in [0.4, 0.5) is 0 Å². The summed E-state index contributed by atoms with van der Waals surface area (Å²) in [7, 11) is 0. The quantitative estimate of drug-likeness (QED) is 0.681. The molecule has 0 N–H and O–H groups in total. The Morgan fingerprint density at radius 2 is 2.14 bits per heavy atom. The molecule has 0 fully saturated rings. The van der Waals surface area contributed by atoms with Crippen LogP contribution in [0.25, 0.3) is 16.7 Å². The highest BCUT2D eigenvalue weighted by Crippen LogP contribution is 2.27. The van der Waals surface area contributed by atoms with E-state index >= 15 is 0 Å². The van der Waals surface area contributed by atoms with E-state index in [0.29, 0.717) is 16.4 Å². The average molecular weight is 332 g/mol. The fourth-order valence-corrected chi connectivity index (χ4v) is 2.62. The summed E-state index contributed by atoms with van der Waals surface area (Å²) in [6.07, 6.45) is 3.19. The molecule has 3 aromatic rings. The van der Waals surface area contributed by atoms with Crippen LogP contribution in [0, 0.1) is 11.3 Å². The van der Waals surface area contributed by atoms with Gasteiger partial charge in [0.05, 0.1) is 29.0 Å². The molecule has 3 rings (SSSR count). The van der Waals surface area contributed by atoms with E-state index in [1.54, 1.807) is 10.7 Å². The van der Waals surface area contributed by atoms with Crippen LogP contribution in [0.1, 0.15) is 24.6 Å². The molecule has 0 atom stereocenters. The lowest BCUT2D eigenvalue weighted by molar-refractivity contribution is 0.802. The molecule has 2 heterocycles. The van der Waals surface area contributed by atoms with Crippen molar-refractivity contribution >= 4 is 34.1 Å². The van der Waals surface area contributed by atoms with Crippen LogP contribution < -0.4 is 0 Å². The predicted molar refractivity (Wildman–Crippen MR) is 85.4 cm³/mol. The third-order valence-electron chi connectivity index (χ3n) is 3.27. The second-order valence-corrected chi connectivity index (χ2v) is 5.51. The minimum atomic E-state index is 0.105. The first kappa shape index (κ1) is 14.8. The van der Waals surface area contributed by atoms with Crippen LogP contribution in [0.3, 0.4) is 0 Å². The first-order valence-electron chi connectivity index (χ1n) is 6.74. The van der Waals surface area contributed by atoms with Gasteiger partial charge in [0.15, 0.2) is 5.82 Å². The van der Waals surface area contributed by atoms with E-state index in [4.69, 9.17) is 28.5 Å². The van der Waals surface area contributed by atoms with Crippen LogP contribution in [-0.2, 0) is 6.42 Å². The summed E-state index contributed by atoms with van der Waals surface area (Å²) in [5.74, 6) is 0.429. The summed E-state index contributed by atoms with van der Waals surface area (Å²) in [6, 6.07) is 7.56. The van der Waals surface area contributed by atoms with Gasteiger partial charge in [0.1, 0.15) is 5.02 Å². The van der Waals surface area contributed by atoms with Crippen LogP contribution in [0.15, 0.2) is 24.4 Å². The molecule has 22 heavy (non-hydrogen) atoms. The second-order valence-electron chi connectivity index (χ2n) is 4.76. The van der Waals surface area contributed by atoms with Crippen molar-refractivity contribution in [3.8, 4) is 11.9 Å². The van der Waals surface area contributed by atoms with E-state index in [1.165, 1.54) is 6.20 Å². The van der Waals surface area contributed by atoms with E-state index in [-0.39, 0.29) is 5.28 Å². The summed E-state index contributed by atoms with van der Waals surface area (Å²) >= 11 is 12.0. The number of aryl methyl sites for hydroxylation is 1. The Hall–Kier alpha value is -2.16. The van der Waals surface area contributed by atoms with Gasteiger partial charge in [0, 0.05) is 5.39 Å². The van der Waals surface area contributed by atoms with Crippen molar-refractivity contribution in [2.24, 2.45) is 0 Å². The Kier molecular flexibility index (Phi) is 3.97. The minimum Gasteiger partial charge on any atom is -0.225 e. The second kappa shape index (κ2) is 5.91. The number of hydrogen-bond acceptors (Lipinski definition) is 4. The lowest BCUT2D eigenvalue weighted by Crippen LogP contribution is -2.02. The molecule has 2 aromatic heterocycles. The van der Waals surface area contributed by atoms with Crippen molar-refractivity contribution in [1.29, 1.82) is 5.26 Å². The number of aromatic nitrogens is 4. The number of fused-ring (bicyclic) bond motifs is 1. The van der Waals surface area contributed by atoms with E-state index in [0.717, 1.165) is 29.4 Å². The van der Waals surface area contributed by atoms with Crippen molar-refractivity contribution in [1.82, 2.24) is 19.7 Å². The van der Waals surface area contributed by atoms with Crippen molar-refractivity contribution in [3.63, 3.8) is 0 Å². The maximum absolute atomic E-state index is 9.09. The third kappa shape index (κ3) is 2.52. The zero-order chi connectivity index (χ0) is 15.7. The first-order valence-corrected chi connectivity index (χ1v) is 7.49. The Balaban J connectivity index is 2.30. The first-order chi connectivity index (χ1) is 10.6. The van der Waals surface area contributed by atoms with Gasteiger partial charge in [-0.15, -0.1) is 0 Å². The number of nitriles is 1. The van der Waals surface area contributed by atoms with Crippen molar-refractivity contribution < 1.29 is 0 Å². The largest absolute Gasteiger partial charge is 0.225 e. The molecule has 0 saturated heterocycles. The molecule has 0 radical (unpaired) electrons. The number of rotatable bonds is 3. The highest BCUT2D eigenvalue weighted by atomic mass is 35.5. The van der Waals surface area contributed by atoms with Gasteiger partial charge < -0.3 is 0 Å². The zero-order valence-corrected chi connectivity index (χ0v) is 13.2. The maximum atomic E-state index is 9.09. The van der Waals surface area contributed by atoms with Crippen LogP contribution in [0.5, 0.6) is 0 Å². The molecule has 0 aliphatic rings. The zero-order valence-electron chi connectivity index (χ0n) is 11.7. The molecule has 0 aliphatic carbocycles. The Morgan fingerprint density at radius 1 is 1.32 bits per heavy atom. The molecule has 0 spiro atoms. The summed E-state index contributed by atoms with van der Waals surface area (Å²) in [5.41, 5.74) is 2.33. The molecule has 0 aliphatic heterocycles. The van der Waals surface area contributed by atoms with Gasteiger partial charge in [-0.2, -0.15) is 15.3 Å². The molecule has 0 saturated carbocycles. The van der Waals surface area contributed by atoms with Crippen LogP contribution >= 0.6 is 23.2 Å². The van der Waals surface area contributed by atoms with Crippen molar-refractivity contribution in [2.75, 3.05) is 0 Å². The highest BCUT2D eigenvalue weighted by molar-refractivity contribution is 6.32. The molecule has 7 heteroatoms. The summed E-state index contributed by atoms with van der Waals surface area (Å²) < 4.78 is 1.65. The van der Waals surface area contributed by atoms with Crippen molar-refractivity contribution in [3.05, 3.63) is 46.0 Å². The lowest BCUT2D eigenvalue weighted by atomic mass is 10.1. The van der Waals surface area contributed by atoms with Crippen LogP contribution in [-0.4, -0.2) is 19.7 Å². The smallest absolute Gasteiger partial charge is 0.224 e. The summed E-state index contributed by atoms with van der Waals surface area (Å²) in [5, 5.41) is 15.1. The summed E-state index contributed by atoms with van der Waals surface area (Å²) in [4.78, 5) is 8.02. The molecular formula is C15H11Cl2N5. The number of benzene rings is 1. The van der Waals surface area contributed by atoms with Gasteiger partial charge in [-0.25, -0.2) is 9.67 Å². The van der Waals surface area contributed by atoms with E-state index < -0.39 is 0 Å². The molecule has 0 bridgehead atoms. The summed E-state index contributed by atoms with van der Waals surface area (Å²) in [6.45, 7) is 2.08. The van der Waals surface area contributed by atoms with Gasteiger partial charge in [0.25, 0.3) is 0 Å². The monoisotopic (exact) mass is 331 g/mol. The van der Waals surface area contributed by atoms with Crippen molar-refractivity contribution in [2.45, 2.75) is 19.8 Å². The normalized spacial score (nSPS) is 10.8. The third-order valence-corrected chi connectivity index (χ3v) is 3.72. The van der Waals surface area contributed by atoms with E-state index in [2.05, 4.69) is 28.1 Å². The van der Waals surface area contributed by atoms with Gasteiger partial charge in [0.2, 0.25) is 5.28 Å². The molecule has 110 valence electrons. The number of nitrogens with zero attached hydrogens (tertiary/aromatic N) is 5. The minimum absolute atomic E-state index is 0.105. The van der Waals surface area contributed by atoms with Gasteiger partial charge >= 0.3 is 0 Å². The van der Waals surface area contributed by atoms with Gasteiger partial charge in [-0.1, -0.05) is 24.9 Å². The van der Waals surface area contributed by atoms with E-state index in [1.807, 2.05) is 12.1 Å². The average Bonchev–Trinajstić information content (AvgIpc) is 2.88. The fraction of sp³-hybridized carbons (Fsp3) is 0.200. The molecule has 5 nitrogen and oxygen atoms in total. The number of hydrogen-bond donors (Lipinski definition) is 0. The molecule has 0 unspecified atom stereocenters. The Bertz CT molecular complexity index is 895. The molecule has 0 amide bonds. The maximum Gasteiger partial charge on any atom is 0.224 e.